The lowest BCUT2D eigenvalue weighted by atomic mass is 10.2. The Hall–Kier alpha value is -2.11. The summed E-state index contributed by atoms with van der Waals surface area (Å²) in [5.41, 5.74) is -0.795. The third-order valence-corrected chi connectivity index (χ3v) is 4.92. The fraction of sp³-hybridized carbons (Fsp3) is 0.200. The zero-order valence-electron chi connectivity index (χ0n) is 13.9. The van der Waals surface area contributed by atoms with E-state index in [0.29, 0.717) is 14.7 Å². The first-order valence-corrected chi connectivity index (χ1v) is 9.05. The number of carbonyl (C=O) groups excluding carboxylic acids is 1. The van der Waals surface area contributed by atoms with Gasteiger partial charge in [0.1, 0.15) is 6.33 Å². The lowest BCUT2D eigenvalue weighted by Crippen LogP contribution is -2.15. The number of benzene rings is 1. The van der Waals surface area contributed by atoms with Crippen molar-refractivity contribution < 1.29 is 18.0 Å². The van der Waals surface area contributed by atoms with Crippen molar-refractivity contribution >= 4 is 51.0 Å². The van der Waals surface area contributed by atoms with Gasteiger partial charge in [0.25, 0.3) is 5.91 Å². The van der Waals surface area contributed by atoms with E-state index in [0.717, 1.165) is 12.6 Å². The number of carbonyl (C=O) groups is 1. The second-order valence-corrected chi connectivity index (χ2v) is 7.22. The maximum Gasteiger partial charge on any atom is 0.434 e. The minimum atomic E-state index is -4.67. The molecule has 1 amide bonds. The molecule has 148 valence electrons. The van der Waals surface area contributed by atoms with Crippen molar-refractivity contribution in [3.8, 4) is 0 Å². The van der Waals surface area contributed by atoms with Gasteiger partial charge in [-0.2, -0.15) is 18.3 Å². The predicted octanol–water partition coefficient (Wildman–Crippen LogP) is 4.40. The molecule has 2 aromatic heterocycles. The van der Waals surface area contributed by atoms with Gasteiger partial charge in [-0.25, -0.2) is 9.67 Å². The van der Waals surface area contributed by atoms with Gasteiger partial charge in [0, 0.05) is 17.1 Å². The van der Waals surface area contributed by atoms with Crippen LogP contribution in [-0.2, 0) is 19.8 Å². The highest BCUT2D eigenvalue weighted by atomic mass is 79.9. The number of amides is 1. The first-order valence-electron chi connectivity index (χ1n) is 7.50. The van der Waals surface area contributed by atoms with Crippen molar-refractivity contribution in [1.29, 1.82) is 0 Å². The van der Waals surface area contributed by atoms with Crippen molar-refractivity contribution in [2.45, 2.75) is 12.7 Å². The fourth-order valence-corrected chi connectivity index (χ4v) is 3.57. The van der Waals surface area contributed by atoms with Crippen molar-refractivity contribution in [3.63, 3.8) is 0 Å². The Bertz CT molecular complexity index is 1050. The number of nitrogens with one attached hydrogen (secondary N) is 1. The third kappa shape index (κ3) is 4.31. The van der Waals surface area contributed by atoms with Crippen LogP contribution in [0.2, 0.25) is 10.0 Å². The topological polar surface area (TPSA) is 77.6 Å². The van der Waals surface area contributed by atoms with Gasteiger partial charge in [0.15, 0.2) is 11.4 Å². The summed E-state index contributed by atoms with van der Waals surface area (Å²) >= 11 is 14.7. The lowest BCUT2D eigenvalue weighted by molar-refractivity contribution is -0.144. The molecule has 0 aliphatic carbocycles. The molecular formula is C15H10BrCl2F3N6O. The summed E-state index contributed by atoms with van der Waals surface area (Å²) in [6.07, 6.45) is -3.33. The number of hydrogen-bond donors (Lipinski definition) is 1. The molecule has 13 heteroatoms. The SMILES string of the molecule is Cn1nc(C(=O)Nc2ncn(Cc3ccc(Cl)cc3Cl)n2)c(Br)c1C(F)(F)F. The Balaban J connectivity index is 1.76. The van der Waals surface area contributed by atoms with E-state index in [9.17, 15) is 18.0 Å². The molecule has 1 aromatic carbocycles. The maximum absolute atomic E-state index is 13.0. The fourth-order valence-electron chi connectivity index (χ4n) is 2.36. The number of aryl methyl sites for hydroxylation is 1. The van der Waals surface area contributed by atoms with E-state index in [1.807, 2.05) is 0 Å². The Morgan fingerprint density at radius 1 is 1.29 bits per heavy atom. The van der Waals surface area contributed by atoms with Crippen LogP contribution in [0.5, 0.6) is 0 Å². The summed E-state index contributed by atoms with van der Waals surface area (Å²) < 4.78 is 40.5. The van der Waals surface area contributed by atoms with Gasteiger partial charge >= 0.3 is 6.18 Å². The molecule has 1 N–H and O–H groups in total. The molecule has 0 atom stereocenters. The van der Waals surface area contributed by atoms with Gasteiger partial charge in [-0.3, -0.25) is 14.8 Å². The van der Waals surface area contributed by atoms with E-state index in [1.165, 1.54) is 11.0 Å². The Labute approximate surface area is 174 Å². The molecule has 7 nitrogen and oxygen atoms in total. The smallest absolute Gasteiger partial charge is 0.288 e. The monoisotopic (exact) mass is 496 g/mol. The number of halogens is 6. The molecule has 0 aliphatic heterocycles. The second kappa shape index (κ2) is 7.72. The number of hydrogen-bond acceptors (Lipinski definition) is 4. The summed E-state index contributed by atoms with van der Waals surface area (Å²) in [6.45, 7) is 0.254. The minimum Gasteiger partial charge on any atom is -0.288 e. The van der Waals surface area contributed by atoms with E-state index >= 15 is 0 Å². The van der Waals surface area contributed by atoms with Crippen LogP contribution in [0.3, 0.4) is 0 Å². The van der Waals surface area contributed by atoms with Crippen molar-refractivity contribution in [3.05, 3.63) is 56.0 Å². The molecule has 3 aromatic rings. The Kier molecular flexibility index (Phi) is 5.69. The van der Waals surface area contributed by atoms with Crippen molar-refractivity contribution in [2.75, 3.05) is 5.32 Å². The standard InChI is InChI=1S/C15H10BrCl2F3N6O/c1-26-12(15(19,20)21)10(16)11(24-26)13(28)23-14-22-6-27(25-14)5-7-2-3-8(17)4-9(7)18/h2-4,6H,5H2,1H3,(H,23,25,28). The molecular weight excluding hydrogens is 488 g/mol. The zero-order chi connectivity index (χ0) is 20.6. The molecule has 0 bridgehead atoms. The van der Waals surface area contributed by atoms with Gasteiger partial charge < -0.3 is 0 Å². The normalized spacial score (nSPS) is 11.7. The Morgan fingerprint density at radius 2 is 2.00 bits per heavy atom. The predicted molar refractivity (Wildman–Crippen MR) is 99.4 cm³/mol. The molecule has 0 spiro atoms. The van der Waals surface area contributed by atoms with Crippen LogP contribution in [0, 0.1) is 0 Å². The van der Waals surface area contributed by atoms with Gasteiger partial charge in [-0.1, -0.05) is 29.3 Å². The maximum atomic E-state index is 13.0. The molecule has 28 heavy (non-hydrogen) atoms. The number of nitrogens with zero attached hydrogens (tertiary/aromatic N) is 5. The van der Waals surface area contributed by atoms with E-state index in [-0.39, 0.29) is 12.5 Å². The zero-order valence-corrected chi connectivity index (χ0v) is 17.0. The average molecular weight is 498 g/mol. The number of anilines is 1. The van der Waals surface area contributed by atoms with Crippen LogP contribution in [0.15, 0.2) is 29.0 Å². The van der Waals surface area contributed by atoms with Crippen molar-refractivity contribution in [2.24, 2.45) is 7.05 Å². The van der Waals surface area contributed by atoms with Crippen LogP contribution in [0.25, 0.3) is 0 Å². The van der Waals surface area contributed by atoms with Crippen molar-refractivity contribution in [1.82, 2.24) is 24.5 Å². The third-order valence-electron chi connectivity index (χ3n) is 3.58. The molecule has 2 heterocycles. The number of rotatable bonds is 4. The van der Waals surface area contributed by atoms with E-state index in [2.05, 4.69) is 36.4 Å². The van der Waals surface area contributed by atoms with Gasteiger partial charge in [-0.05, 0) is 33.6 Å². The summed E-state index contributed by atoms with van der Waals surface area (Å²) in [5, 5.41) is 10.9. The van der Waals surface area contributed by atoms with Crippen LogP contribution in [-0.4, -0.2) is 30.5 Å². The van der Waals surface area contributed by atoms with Crippen LogP contribution in [0.1, 0.15) is 21.7 Å². The average Bonchev–Trinajstić information content (AvgIpc) is 3.13. The Morgan fingerprint density at radius 3 is 2.61 bits per heavy atom. The van der Waals surface area contributed by atoms with E-state index in [4.69, 9.17) is 23.2 Å². The minimum absolute atomic E-state index is 0.0961. The van der Waals surface area contributed by atoms with E-state index < -0.39 is 27.9 Å². The first kappa shape index (κ1) is 20.6. The highest BCUT2D eigenvalue weighted by Crippen LogP contribution is 2.36. The number of alkyl halides is 3. The lowest BCUT2D eigenvalue weighted by Gasteiger charge is -2.06. The highest BCUT2D eigenvalue weighted by Gasteiger charge is 2.39. The van der Waals surface area contributed by atoms with Gasteiger partial charge in [0.2, 0.25) is 5.95 Å². The second-order valence-electron chi connectivity index (χ2n) is 5.59. The van der Waals surface area contributed by atoms with E-state index in [1.54, 1.807) is 18.2 Å². The first-order chi connectivity index (χ1) is 13.1. The van der Waals surface area contributed by atoms with Gasteiger partial charge in [0.05, 0.1) is 11.0 Å². The van der Waals surface area contributed by atoms with Gasteiger partial charge in [-0.15, -0.1) is 5.10 Å². The summed E-state index contributed by atoms with van der Waals surface area (Å²) in [5.74, 6) is -0.985. The molecule has 0 radical (unpaired) electrons. The summed E-state index contributed by atoms with van der Waals surface area (Å²) in [7, 11) is 1.09. The summed E-state index contributed by atoms with van der Waals surface area (Å²) in [6, 6.07) is 4.96. The summed E-state index contributed by atoms with van der Waals surface area (Å²) in [4.78, 5) is 16.2. The van der Waals surface area contributed by atoms with Crippen LogP contribution in [0.4, 0.5) is 19.1 Å². The highest BCUT2D eigenvalue weighted by molar-refractivity contribution is 9.10. The largest absolute Gasteiger partial charge is 0.434 e. The van der Waals surface area contributed by atoms with Crippen LogP contribution >= 0.6 is 39.1 Å². The molecule has 0 unspecified atom stereocenters. The molecule has 3 rings (SSSR count). The number of aromatic nitrogens is 5. The quantitative estimate of drug-likeness (QED) is 0.579. The molecule has 0 aliphatic rings. The van der Waals surface area contributed by atoms with Crippen LogP contribution < -0.4 is 5.32 Å². The molecule has 0 fully saturated rings. The molecule has 0 saturated heterocycles. The molecule has 0 saturated carbocycles.